The van der Waals surface area contributed by atoms with Crippen molar-refractivity contribution < 1.29 is 12.6 Å². The van der Waals surface area contributed by atoms with Crippen molar-refractivity contribution >= 4 is 10.1 Å². The summed E-state index contributed by atoms with van der Waals surface area (Å²) < 4.78 is 31.3. The van der Waals surface area contributed by atoms with E-state index in [2.05, 4.69) is 0 Å². The van der Waals surface area contributed by atoms with E-state index in [1.165, 1.54) is 0 Å². The van der Waals surface area contributed by atoms with E-state index in [0.717, 1.165) is 27.8 Å². The fourth-order valence-electron chi connectivity index (χ4n) is 3.16. The molecule has 0 unspecified atom stereocenters. The highest BCUT2D eigenvalue weighted by Gasteiger charge is 2.25. The third-order valence-corrected chi connectivity index (χ3v) is 5.83. The van der Waals surface area contributed by atoms with E-state index >= 15 is 0 Å². The number of hydrogen-bond donors (Lipinski definition) is 0. The van der Waals surface area contributed by atoms with Gasteiger partial charge in [0.2, 0.25) is 0 Å². The Morgan fingerprint density at radius 2 is 1.30 bits per heavy atom. The summed E-state index contributed by atoms with van der Waals surface area (Å²) in [6.07, 6.45) is 0. The maximum atomic E-state index is 12.9. The first-order valence-electron chi connectivity index (χ1n) is 8.95. The molecule has 0 fully saturated rings. The molecule has 3 aromatic rings. The minimum absolute atomic E-state index is 0.117. The summed E-state index contributed by atoms with van der Waals surface area (Å²) in [5, 5.41) is 0. The van der Waals surface area contributed by atoms with Gasteiger partial charge in [-0.25, -0.2) is 0 Å². The lowest BCUT2D eigenvalue weighted by molar-refractivity contribution is 0.479. The molecule has 3 rings (SSSR count). The molecule has 27 heavy (non-hydrogen) atoms. The molecule has 0 aliphatic rings. The van der Waals surface area contributed by atoms with Crippen molar-refractivity contribution in [2.75, 3.05) is 5.75 Å². The van der Waals surface area contributed by atoms with Crippen LogP contribution in [-0.4, -0.2) is 14.2 Å². The fraction of sp³-hybridized carbons (Fsp3) is 0.217. The molecule has 0 aliphatic carbocycles. The van der Waals surface area contributed by atoms with Gasteiger partial charge in [-0.15, -0.1) is 0 Å². The molecule has 0 saturated carbocycles. The molecule has 4 heteroatoms. The van der Waals surface area contributed by atoms with Crippen LogP contribution < -0.4 is 4.18 Å². The largest absolute Gasteiger partial charge is 0.382 e. The molecule has 3 aromatic carbocycles. The van der Waals surface area contributed by atoms with E-state index in [9.17, 15) is 8.42 Å². The molecule has 0 N–H and O–H groups in total. The summed E-state index contributed by atoms with van der Waals surface area (Å²) in [5.41, 5.74) is 4.67. The summed E-state index contributed by atoms with van der Waals surface area (Å²) in [5.74, 6) is 0.0164. The molecule has 0 heterocycles. The third kappa shape index (κ3) is 4.77. The molecular formula is C23H24O3S. The molecule has 0 aliphatic heterocycles. The lowest BCUT2D eigenvalue weighted by Crippen LogP contribution is -2.21. The van der Waals surface area contributed by atoms with Gasteiger partial charge in [0.25, 0.3) is 0 Å². The van der Waals surface area contributed by atoms with Crippen molar-refractivity contribution in [2.45, 2.75) is 26.7 Å². The van der Waals surface area contributed by atoms with Crippen LogP contribution in [0, 0.1) is 20.8 Å². The minimum atomic E-state index is -3.79. The highest BCUT2D eigenvalue weighted by molar-refractivity contribution is 7.87. The predicted octanol–water partition coefficient (Wildman–Crippen LogP) is 5.15. The van der Waals surface area contributed by atoms with E-state index in [-0.39, 0.29) is 11.7 Å². The summed E-state index contributed by atoms with van der Waals surface area (Å²) in [6.45, 7) is 5.72. The second kappa shape index (κ2) is 7.97. The van der Waals surface area contributed by atoms with Crippen molar-refractivity contribution in [1.29, 1.82) is 0 Å². The average molecular weight is 381 g/mol. The topological polar surface area (TPSA) is 43.4 Å². The van der Waals surface area contributed by atoms with E-state index in [1.807, 2.05) is 93.6 Å². The van der Waals surface area contributed by atoms with Gasteiger partial charge in [0.05, 0.1) is 5.75 Å². The lowest BCUT2D eigenvalue weighted by atomic mass is 9.92. The van der Waals surface area contributed by atoms with Gasteiger partial charge >= 0.3 is 10.1 Å². The van der Waals surface area contributed by atoms with Crippen LogP contribution >= 0.6 is 0 Å². The molecule has 140 valence electrons. The van der Waals surface area contributed by atoms with Gasteiger partial charge in [0.15, 0.2) is 0 Å². The number of aryl methyl sites for hydroxylation is 3. The van der Waals surface area contributed by atoms with Crippen molar-refractivity contribution in [2.24, 2.45) is 0 Å². The van der Waals surface area contributed by atoms with Crippen LogP contribution in [0.3, 0.4) is 0 Å². The Bertz CT molecular complexity index is 987. The maximum Gasteiger partial charge on any atom is 0.310 e. The second-order valence-electron chi connectivity index (χ2n) is 6.90. The van der Waals surface area contributed by atoms with Gasteiger partial charge in [-0.3, -0.25) is 0 Å². The van der Waals surface area contributed by atoms with Crippen molar-refractivity contribution in [1.82, 2.24) is 0 Å². The fourth-order valence-corrected chi connectivity index (χ4v) is 4.54. The molecular weight excluding hydrogens is 356 g/mol. The molecule has 1 atom stereocenters. The van der Waals surface area contributed by atoms with Gasteiger partial charge in [-0.2, -0.15) is 8.42 Å². The van der Waals surface area contributed by atoms with Crippen molar-refractivity contribution in [3.63, 3.8) is 0 Å². The number of hydrogen-bond acceptors (Lipinski definition) is 3. The summed E-state index contributed by atoms with van der Waals surface area (Å²) in [4.78, 5) is 0. The normalized spacial score (nSPS) is 12.6. The van der Waals surface area contributed by atoms with Gasteiger partial charge in [-0.1, -0.05) is 78.4 Å². The predicted molar refractivity (Wildman–Crippen MR) is 110 cm³/mol. The maximum absolute atomic E-state index is 12.9. The lowest BCUT2D eigenvalue weighted by Gasteiger charge is -2.19. The van der Waals surface area contributed by atoms with E-state index in [1.54, 1.807) is 0 Å². The van der Waals surface area contributed by atoms with Crippen molar-refractivity contribution in [3.05, 3.63) is 101 Å². The average Bonchev–Trinajstić information content (AvgIpc) is 2.65. The third-order valence-electron chi connectivity index (χ3n) is 4.67. The van der Waals surface area contributed by atoms with Gasteiger partial charge in [0, 0.05) is 5.92 Å². The molecule has 0 amide bonds. The molecule has 0 radical (unpaired) electrons. The van der Waals surface area contributed by atoms with Crippen LogP contribution in [0.2, 0.25) is 0 Å². The molecule has 0 bridgehead atoms. The molecule has 0 spiro atoms. The van der Waals surface area contributed by atoms with Crippen LogP contribution in [0.1, 0.15) is 33.7 Å². The Morgan fingerprint density at radius 3 is 1.89 bits per heavy atom. The van der Waals surface area contributed by atoms with Crippen LogP contribution in [0.5, 0.6) is 5.75 Å². The monoisotopic (exact) mass is 380 g/mol. The summed E-state index contributed by atoms with van der Waals surface area (Å²) in [7, 11) is -3.79. The van der Waals surface area contributed by atoms with Crippen LogP contribution in [0.4, 0.5) is 0 Å². The second-order valence-corrected chi connectivity index (χ2v) is 8.52. The zero-order valence-electron chi connectivity index (χ0n) is 15.8. The zero-order chi connectivity index (χ0) is 19.4. The number of para-hydroxylation sites is 1. The Hall–Kier alpha value is -2.59. The summed E-state index contributed by atoms with van der Waals surface area (Å²) in [6, 6.07) is 23.3. The molecule has 0 aromatic heterocycles. The van der Waals surface area contributed by atoms with E-state index in [4.69, 9.17) is 4.18 Å². The van der Waals surface area contributed by atoms with Crippen LogP contribution in [0.25, 0.3) is 0 Å². The zero-order valence-corrected chi connectivity index (χ0v) is 16.7. The Labute approximate surface area is 161 Å². The first kappa shape index (κ1) is 19.2. The van der Waals surface area contributed by atoms with Gasteiger partial charge in [-0.05, 0) is 43.0 Å². The Balaban J connectivity index is 1.95. The summed E-state index contributed by atoms with van der Waals surface area (Å²) >= 11 is 0. The van der Waals surface area contributed by atoms with Gasteiger partial charge < -0.3 is 4.18 Å². The minimum Gasteiger partial charge on any atom is -0.382 e. The smallest absolute Gasteiger partial charge is 0.310 e. The standard InChI is InChI=1S/C23H24O3S/c1-17-12-14-21(15-13-17)22(20-10-5-4-6-11-20)16-27(24,25)26-23-18(2)8-7-9-19(23)3/h4-15,22H,16H2,1-3H3/t22-/m1/s1. The highest BCUT2D eigenvalue weighted by Crippen LogP contribution is 2.29. The van der Waals surface area contributed by atoms with Gasteiger partial charge in [0.1, 0.15) is 5.75 Å². The first-order chi connectivity index (χ1) is 12.9. The highest BCUT2D eigenvalue weighted by atomic mass is 32.2. The number of benzene rings is 3. The first-order valence-corrected chi connectivity index (χ1v) is 10.5. The van der Waals surface area contributed by atoms with Crippen LogP contribution in [-0.2, 0) is 10.1 Å². The molecule has 0 saturated heterocycles. The van der Waals surface area contributed by atoms with E-state index < -0.39 is 10.1 Å². The molecule has 3 nitrogen and oxygen atoms in total. The van der Waals surface area contributed by atoms with Crippen molar-refractivity contribution in [3.8, 4) is 5.75 Å². The van der Waals surface area contributed by atoms with Crippen LogP contribution in [0.15, 0.2) is 72.8 Å². The Morgan fingerprint density at radius 1 is 0.741 bits per heavy atom. The quantitative estimate of drug-likeness (QED) is 0.555. The number of rotatable bonds is 6. The SMILES string of the molecule is Cc1ccc([C@H](CS(=O)(=O)Oc2c(C)cccc2C)c2ccccc2)cc1. The van der Waals surface area contributed by atoms with E-state index in [0.29, 0.717) is 5.75 Å². The Kier molecular flexibility index (Phi) is 5.66.